The molecule has 0 aliphatic carbocycles. The van der Waals surface area contributed by atoms with E-state index in [-0.39, 0.29) is 0 Å². The Bertz CT molecular complexity index is 276. The van der Waals surface area contributed by atoms with Crippen molar-refractivity contribution in [2.24, 2.45) is 0 Å². The van der Waals surface area contributed by atoms with Crippen molar-refractivity contribution >= 4 is 11.5 Å². The zero-order valence-corrected chi connectivity index (χ0v) is 8.29. The summed E-state index contributed by atoms with van der Waals surface area (Å²) in [7, 11) is 0. The Kier molecular flexibility index (Phi) is 2.88. The molecule has 1 aromatic rings. The van der Waals surface area contributed by atoms with Crippen LogP contribution in [-0.2, 0) is 0 Å². The number of H-pyrrole nitrogens is 1. The van der Waals surface area contributed by atoms with Crippen molar-refractivity contribution in [2.45, 2.75) is 12.8 Å². The lowest BCUT2D eigenvalue weighted by Gasteiger charge is -2.14. The van der Waals surface area contributed by atoms with Crippen LogP contribution in [0.15, 0.2) is 6.20 Å². The highest BCUT2D eigenvalue weighted by Crippen LogP contribution is 2.12. The van der Waals surface area contributed by atoms with E-state index in [0.717, 1.165) is 18.8 Å². The summed E-state index contributed by atoms with van der Waals surface area (Å²) >= 11 is 0. The van der Waals surface area contributed by atoms with Crippen LogP contribution in [0.2, 0.25) is 0 Å². The summed E-state index contributed by atoms with van der Waals surface area (Å²) in [5, 5.41) is 9.80. The minimum Gasteiger partial charge on any atom is -0.382 e. The van der Waals surface area contributed by atoms with Crippen LogP contribution in [0.3, 0.4) is 0 Å². The van der Waals surface area contributed by atoms with Gasteiger partial charge in [-0.2, -0.15) is 5.10 Å². The second-order valence-corrected chi connectivity index (χ2v) is 3.67. The van der Waals surface area contributed by atoms with Crippen molar-refractivity contribution in [1.82, 2.24) is 15.1 Å². The molecule has 0 atom stereocenters. The fourth-order valence-corrected chi connectivity index (χ4v) is 1.79. The first-order valence-corrected chi connectivity index (χ1v) is 5.11. The summed E-state index contributed by atoms with van der Waals surface area (Å²) in [5.41, 5.74) is 6.55. The zero-order chi connectivity index (χ0) is 9.80. The molecule has 78 valence electrons. The third-order valence-electron chi connectivity index (χ3n) is 2.61. The predicted molar refractivity (Wildman–Crippen MR) is 57.2 cm³/mol. The van der Waals surface area contributed by atoms with Crippen LogP contribution in [0.5, 0.6) is 0 Å². The molecule has 1 aromatic heterocycles. The molecule has 5 heteroatoms. The highest BCUT2D eigenvalue weighted by molar-refractivity contribution is 5.59. The summed E-state index contributed by atoms with van der Waals surface area (Å²) in [6.07, 6.45) is 4.40. The number of likely N-dealkylation sites (tertiary alicyclic amines) is 1. The SMILES string of the molecule is Nc1[nH]ncc1NCCN1CCCC1. The molecule has 5 nitrogen and oxygen atoms in total. The lowest BCUT2D eigenvalue weighted by Crippen LogP contribution is -2.26. The Hall–Kier alpha value is -1.23. The number of nitrogen functional groups attached to an aromatic ring is 1. The molecule has 0 unspecified atom stereocenters. The van der Waals surface area contributed by atoms with Gasteiger partial charge in [0.2, 0.25) is 0 Å². The van der Waals surface area contributed by atoms with Crippen molar-refractivity contribution in [1.29, 1.82) is 0 Å². The van der Waals surface area contributed by atoms with Gasteiger partial charge in [0.1, 0.15) is 5.82 Å². The van der Waals surface area contributed by atoms with Crippen molar-refractivity contribution in [3.05, 3.63) is 6.20 Å². The average molecular weight is 195 g/mol. The van der Waals surface area contributed by atoms with Gasteiger partial charge in [0.15, 0.2) is 0 Å². The number of aromatic nitrogens is 2. The summed E-state index contributed by atoms with van der Waals surface area (Å²) in [5.74, 6) is 0.617. The number of nitrogens with one attached hydrogen (secondary N) is 2. The fraction of sp³-hybridized carbons (Fsp3) is 0.667. The van der Waals surface area contributed by atoms with Gasteiger partial charge in [-0.05, 0) is 25.9 Å². The molecule has 4 N–H and O–H groups in total. The standard InChI is InChI=1S/C9H17N5/c10-9-8(7-12-13-9)11-3-6-14-4-1-2-5-14/h7,11H,1-6H2,(H3,10,12,13). The van der Waals surface area contributed by atoms with E-state index >= 15 is 0 Å². The first-order valence-electron chi connectivity index (χ1n) is 5.11. The van der Waals surface area contributed by atoms with E-state index in [9.17, 15) is 0 Å². The second-order valence-electron chi connectivity index (χ2n) is 3.67. The molecule has 0 radical (unpaired) electrons. The lowest BCUT2D eigenvalue weighted by atomic mass is 10.4. The number of nitrogens with zero attached hydrogens (tertiary/aromatic N) is 2. The molecule has 0 aromatic carbocycles. The maximum atomic E-state index is 5.64. The molecule has 1 fully saturated rings. The van der Waals surface area contributed by atoms with E-state index in [0.29, 0.717) is 5.82 Å². The Balaban J connectivity index is 1.70. The molecule has 2 heterocycles. The zero-order valence-electron chi connectivity index (χ0n) is 8.29. The molecule has 1 aliphatic rings. The second kappa shape index (κ2) is 4.32. The largest absolute Gasteiger partial charge is 0.382 e. The Morgan fingerprint density at radius 2 is 2.29 bits per heavy atom. The van der Waals surface area contributed by atoms with E-state index in [1.54, 1.807) is 6.20 Å². The molecule has 1 aliphatic heterocycles. The highest BCUT2D eigenvalue weighted by atomic mass is 15.2. The third-order valence-corrected chi connectivity index (χ3v) is 2.61. The van der Waals surface area contributed by atoms with Gasteiger partial charge >= 0.3 is 0 Å². The molecule has 0 bridgehead atoms. The van der Waals surface area contributed by atoms with E-state index in [1.165, 1.54) is 25.9 Å². The van der Waals surface area contributed by atoms with E-state index in [2.05, 4.69) is 20.4 Å². The van der Waals surface area contributed by atoms with Crippen LogP contribution in [0.1, 0.15) is 12.8 Å². The first kappa shape index (κ1) is 9.33. The fourth-order valence-electron chi connectivity index (χ4n) is 1.79. The minimum atomic E-state index is 0.617. The molecule has 0 amide bonds. The summed E-state index contributed by atoms with van der Waals surface area (Å²) in [4.78, 5) is 2.46. The average Bonchev–Trinajstić information content (AvgIpc) is 2.78. The molecule has 14 heavy (non-hydrogen) atoms. The van der Waals surface area contributed by atoms with Crippen LogP contribution >= 0.6 is 0 Å². The van der Waals surface area contributed by atoms with Gasteiger partial charge in [-0.25, -0.2) is 0 Å². The van der Waals surface area contributed by atoms with Crippen LogP contribution in [-0.4, -0.2) is 41.3 Å². The number of nitrogens with two attached hydrogens (primary N) is 1. The monoisotopic (exact) mass is 195 g/mol. The van der Waals surface area contributed by atoms with Crippen LogP contribution < -0.4 is 11.1 Å². The number of rotatable bonds is 4. The number of aromatic amines is 1. The lowest BCUT2D eigenvalue weighted by molar-refractivity contribution is 0.353. The molecule has 1 saturated heterocycles. The quantitative estimate of drug-likeness (QED) is 0.654. The summed E-state index contributed by atoms with van der Waals surface area (Å²) < 4.78 is 0. The Labute approximate surface area is 83.7 Å². The third kappa shape index (κ3) is 2.17. The van der Waals surface area contributed by atoms with Gasteiger partial charge in [0, 0.05) is 13.1 Å². The van der Waals surface area contributed by atoms with Crippen LogP contribution in [0.4, 0.5) is 11.5 Å². The summed E-state index contributed by atoms with van der Waals surface area (Å²) in [6.45, 7) is 4.50. The number of anilines is 2. The van der Waals surface area contributed by atoms with E-state index < -0.39 is 0 Å². The maximum Gasteiger partial charge on any atom is 0.142 e. The highest BCUT2D eigenvalue weighted by Gasteiger charge is 2.10. The van der Waals surface area contributed by atoms with Crippen LogP contribution in [0, 0.1) is 0 Å². The molecule has 2 rings (SSSR count). The van der Waals surface area contributed by atoms with Gasteiger partial charge in [0.25, 0.3) is 0 Å². The molecular formula is C9H17N5. The van der Waals surface area contributed by atoms with Gasteiger partial charge in [-0.15, -0.1) is 0 Å². The Morgan fingerprint density at radius 3 is 2.93 bits per heavy atom. The number of hydrogen-bond donors (Lipinski definition) is 3. The molecule has 0 saturated carbocycles. The summed E-state index contributed by atoms with van der Waals surface area (Å²) in [6, 6.07) is 0. The topological polar surface area (TPSA) is 70.0 Å². The van der Waals surface area contributed by atoms with Crippen molar-refractivity contribution in [3.8, 4) is 0 Å². The van der Waals surface area contributed by atoms with Crippen molar-refractivity contribution < 1.29 is 0 Å². The Morgan fingerprint density at radius 1 is 1.50 bits per heavy atom. The van der Waals surface area contributed by atoms with Crippen LogP contribution in [0.25, 0.3) is 0 Å². The number of hydrogen-bond acceptors (Lipinski definition) is 4. The minimum absolute atomic E-state index is 0.617. The normalized spacial score (nSPS) is 17.4. The van der Waals surface area contributed by atoms with Crippen molar-refractivity contribution in [3.63, 3.8) is 0 Å². The van der Waals surface area contributed by atoms with Gasteiger partial charge in [0.05, 0.1) is 11.9 Å². The molecule has 0 spiro atoms. The smallest absolute Gasteiger partial charge is 0.142 e. The van der Waals surface area contributed by atoms with E-state index in [1.807, 2.05) is 0 Å². The predicted octanol–water partition coefficient (Wildman–Crippen LogP) is 0.500. The maximum absolute atomic E-state index is 5.64. The van der Waals surface area contributed by atoms with Gasteiger partial charge < -0.3 is 16.0 Å². The first-order chi connectivity index (χ1) is 6.86. The van der Waals surface area contributed by atoms with E-state index in [4.69, 9.17) is 5.73 Å². The van der Waals surface area contributed by atoms with Crippen molar-refractivity contribution in [2.75, 3.05) is 37.2 Å². The molecular weight excluding hydrogens is 178 g/mol. The van der Waals surface area contributed by atoms with Gasteiger partial charge in [-0.1, -0.05) is 0 Å². The van der Waals surface area contributed by atoms with Gasteiger partial charge in [-0.3, -0.25) is 5.10 Å².